The molecule has 4 heteroatoms. The van der Waals surface area contributed by atoms with E-state index in [1.54, 1.807) is 6.07 Å². The molecule has 0 aliphatic carbocycles. The molecule has 0 radical (unpaired) electrons. The topological polar surface area (TPSA) is 49.7 Å². The van der Waals surface area contributed by atoms with Crippen LogP contribution in [0.25, 0.3) is 11.1 Å². The van der Waals surface area contributed by atoms with Gasteiger partial charge in [0.05, 0.1) is 0 Å². The molecule has 0 saturated heterocycles. The SMILES string of the molecule is CCCCc1cccc(CCCC)c1O[PH](O)(O)c1cccc(-c2ccccc2)c1. The van der Waals surface area contributed by atoms with Crippen molar-refractivity contribution in [1.29, 1.82) is 0 Å². The van der Waals surface area contributed by atoms with Gasteiger partial charge in [-0.25, -0.2) is 0 Å². The van der Waals surface area contributed by atoms with E-state index in [4.69, 9.17) is 4.52 Å². The predicted octanol–water partition coefficient (Wildman–Crippen LogP) is 6.22. The van der Waals surface area contributed by atoms with E-state index in [9.17, 15) is 9.79 Å². The summed E-state index contributed by atoms with van der Waals surface area (Å²) >= 11 is 0. The summed E-state index contributed by atoms with van der Waals surface area (Å²) in [6, 6.07) is 23.5. The zero-order valence-corrected chi connectivity index (χ0v) is 19.0. The summed E-state index contributed by atoms with van der Waals surface area (Å²) in [5.74, 6) is 0.668. The molecule has 160 valence electrons. The Bertz CT molecular complexity index is 912. The van der Waals surface area contributed by atoms with Gasteiger partial charge in [0.1, 0.15) is 0 Å². The van der Waals surface area contributed by atoms with Gasteiger partial charge in [-0.15, -0.1) is 0 Å². The second-order valence-corrected chi connectivity index (χ2v) is 9.77. The van der Waals surface area contributed by atoms with Crippen molar-refractivity contribution in [3.05, 3.63) is 83.9 Å². The van der Waals surface area contributed by atoms with Crippen LogP contribution in [0.3, 0.4) is 0 Å². The maximum absolute atomic E-state index is 11.1. The third-order valence-corrected chi connectivity index (χ3v) is 6.92. The first-order chi connectivity index (χ1) is 14.5. The van der Waals surface area contributed by atoms with Crippen LogP contribution in [0.5, 0.6) is 5.75 Å². The summed E-state index contributed by atoms with van der Waals surface area (Å²) in [5, 5.41) is 0.454. The Kier molecular flexibility index (Phi) is 8.04. The van der Waals surface area contributed by atoms with Crippen molar-refractivity contribution >= 4 is 13.2 Å². The molecule has 0 unspecified atom stereocenters. The van der Waals surface area contributed by atoms with Gasteiger partial charge in [-0.1, -0.05) is 0 Å². The molecule has 3 aromatic rings. The number of hydrogen-bond donors (Lipinski definition) is 2. The predicted molar refractivity (Wildman–Crippen MR) is 129 cm³/mol. The molecule has 0 aliphatic heterocycles. The van der Waals surface area contributed by atoms with E-state index in [1.165, 1.54) is 0 Å². The zero-order chi connectivity index (χ0) is 21.4. The normalized spacial score (nSPS) is 12.0. The first-order valence-electron chi connectivity index (χ1n) is 11.0. The Morgan fingerprint density at radius 1 is 0.700 bits per heavy atom. The first kappa shape index (κ1) is 22.5. The Labute approximate surface area is 181 Å². The van der Waals surface area contributed by atoms with E-state index in [-0.39, 0.29) is 0 Å². The summed E-state index contributed by atoms with van der Waals surface area (Å²) in [7, 11) is -4.13. The van der Waals surface area contributed by atoms with Gasteiger partial charge in [-0.2, -0.15) is 0 Å². The van der Waals surface area contributed by atoms with Gasteiger partial charge in [0.2, 0.25) is 0 Å². The number of unbranched alkanes of at least 4 members (excludes halogenated alkanes) is 2. The van der Waals surface area contributed by atoms with E-state index in [1.807, 2.05) is 60.7 Å². The summed E-state index contributed by atoms with van der Waals surface area (Å²) in [5.41, 5.74) is 4.10. The molecule has 0 fully saturated rings. The number of benzene rings is 3. The molecular weight excluding hydrogens is 391 g/mol. The summed E-state index contributed by atoms with van der Waals surface area (Å²) in [4.78, 5) is 22.2. The molecule has 3 aromatic carbocycles. The Balaban J connectivity index is 1.94. The van der Waals surface area contributed by atoms with Crippen LogP contribution in [0, 0.1) is 0 Å². The molecule has 0 amide bonds. The number of aryl methyl sites for hydroxylation is 2. The molecule has 0 atom stereocenters. The van der Waals surface area contributed by atoms with Crippen molar-refractivity contribution in [3.63, 3.8) is 0 Å². The molecule has 0 saturated carbocycles. The fourth-order valence-corrected chi connectivity index (χ4v) is 4.95. The molecule has 2 N–H and O–H groups in total. The Morgan fingerprint density at radius 2 is 1.27 bits per heavy atom. The molecule has 3 rings (SSSR count). The average molecular weight is 425 g/mol. The van der Waals surface area contributed by atoms with Crippen molar-refractivity contribution in [2.45, 2.75) is 52.4 Å². The second-order valence-electron chi connectivity index (χ2n) is 7.77. The van der Waals surface area contributed by atoms with Crippen molar-refractivity contribution in [2.24, 2.45) is 0 Å². The van der Waals surface area contributed by atoms with Crippen LogP contribution in [0.15, 0.2) is 72.8 Å². The average Bonchev–Trinajstić information content (AvgIpc) is 2.78. The summed E-state index contributed by atoms with van der Waals surface area (Å²) in [6.07, 6.45) is 6.00. The summed E-state index contributed by atoms with van der Waals surface area (Å²) < 4.78 is 6.09. The molecule has 0 heterocycles. The van der Waals surface area contributed by atoms with Gasteiger partial charge in [0.15, 0.2) is 0 Å². The van der Waals surface area contributed by atoms with Crippen LogP contribution in [0.1, 0.15) is 50.7 Å². The minimum absolute atomic E-state index is 0.454. The van der Waals surface area contributed by atoms with Crippen molar-refractivity contribution in [1.82, 2.24) is 0 Å². The van der Waals surface area contributed by atoms with Crippen molar-refractivity contribution in [2.75, 3.05) is 0 Å². The van der Waals surface area contributed by atoms with Crippen LogP contribution < -0.4 is 9.83 Å². The second kappa shape index (κ2) is 10.7. The fourth-order valence-electron chi connectivity index (χ4n) is 3.63. The van der Waals surface area contributed by atoms with Gasteiger partial charge in [0, 0.05) is 0 Å². The zero-order valence-electron chi connectivity index (χ0n) is 18.0. The molecular formula is C26H33O3P. The third kappa shape index (κ3) is 5.70. The summed E-state index contributed by atoms with van der Waals surface area (Å²) in [6.45, 7) is 4.32. The maximum atomic E-state index is 11.1. The molecule has 0 aromatic heterocycles. The van der Waals surface area contributed by atoms with Crippen LogP contribution in [0.4, 0.5) is 0 Å². The Morgan fingerprint density at radius 3 is 1.87 bits per heavy atom. The van der Waals surface area contributed by atoms with E-state index >= 15 is 0 Å². The van der Waals surface area contributed by atoms with E-state index in [0.717, 1.165) is 60.8 Å². The quantitative estimate of drug-likeness (QED) is 0.380. The van der Waals surface area contributed by atoms with Crippen LogP contribution in [0.2, 0.25) is 0 Å². The monoisotopic (exact) mass is 424 g/mol. The van der Waals surface area contributed by atoms with Gasteiger partial charge in [0.25, 0.3) is 0 Å². The van der Waals surface area contributed by atoms with Gasteiger partial charge in [-0.05, 0) is 0 Å². The fraction of sp³-hybridized carbons (Fsp3) is 0.308. The first-order valence-corrected chi connectivity index (χ1v) is 12.8. The van der Waals surface area contributed by atoms with Crippen LogP contribution >= 0.6 is 7.94 Å². The van der Waals surface area contributed by atoms with Gasteiger partial charge in [-0.3, -0.25) is 0 Å². The molecule has 3 nitrogen and oxygen atoms in total. The standard InChI is InChI=1S/C26H33O3P/c1-3-5-12-22-16-10-17-23(13-6-4-2)26(22)29-30(27,28)25-19-11-18-24(20-25)21-14-8-7-9-15-21/h7-11,14-20,27-28,30H,3-6,12-13H2,1-2H3. The van der Waals surface area contributed by atoms with Crippen molar-refractivity contribution in [3.8, 4) is 16.9 Å². The van der Waals surface area contributed by atoms with E-state index in [0.29, 0.717) is 11.1 Å². The number of hydrogen-bond acceptors (Lipinski definition) is 3. The van der Waals surface area contributed by atoms with Crippen molar-refractivity contribution < 1.29 is 14.3 Å². The number of para-hydroxylation sites is 1. The third-order valence-electron chi connectivity index (χ3n) is 5.37. The molecule has 0 aliphatic rings. The number of rotatable bonds is 10. The Hall–Kier alpha value is -2.19. The van der Waals surface area contributed by atoms with Crippen LogP contribution in [-0.4, -0.2) is 9.79 Å². The molecule has 0 bridgehead atoms. The van der Waals surface area contributed by atoms with Crippen LogP contribution in [-0.2, 0) is 12.8 Å². The molecule has 0 spiro atoms. The molecule has 30 heavy (non-hydrogen) atoms. The van der Waals surface area contributed by atoms with E-state index < -0.39 is 7.94 Å². The van der Waals surface area contributed by atoms with Gasteiger partial charge >= 0.3 is 181 Å². The van der Waals surface area contributed by atoms with E-state index in [2.05, 4.69) is 19.9 Å². The minimum atomic E-state index is -4.13. The van der Waals surface area contributed by atoms with Gasteiger partial charge < -0.3 is 0 Å².